The van der Waals surface area contributed by atoms with E-state index >= 15 is 0 Å². The number of ether oxygens (including phenoxy) is 1. The minimum absolute atomic E-state index is 0.296. The number of piperazine rings is 1. The fourth-order valence-corrected chi connectivity index (χ4v) is 4.34. The molecule has 1 saturated heterocycles. The van der Waals surface area contributed by atoms with E-state index in [4.69, 9.17) is 4.74 Å². The minimum Gasteiger partial charge on any atom is -0.497 e. The quantitative estimate of drug-likeness (QED) is 0.568. The van der Waals surface area contributed by atoms with Gasteiger partial charge in [-0.15, -0.1) is 0 Å². The Balaban J connectivity index is 1.48. The number of nitrogens with zero attached hydrogens (tertiary/aromatic N) is 4. The lowest BCUT2D eigenvalue weighted by molar-refractivity contribution is -0.120. The SMILES string of the molecule is COc1ccc(N2C(=O)C(c3ccccc3)=C(N3CCN(c4ccccn4)CC3)C2=O)cc1. The Morgan fingerprint density at radius 1 is 0.758 bits per heavy atom. The lowest BCUT2D eigenvalue weighted by Gasteiger charge is -2.37. The van der Waals surface area contributed by atoms with Crippen molar-refractivity contribution in [2.45, 2.75) is 0 Å². The Bertz CT molecular complexity index is 1190. The number of benzene rings is 2. The maximum atomic E-state index is 13.7. The van der Waals surface area contributed by atoms with Crippen LogP contribution in [-0.4, -0.2) is 55.0 Å². The number of aromatic nitrogens is 1. The molecule has 2 aliphatic rings. The van der Waals surface area contributed by atoms with Gasteiger partial charge in [0.15, 0.2) is 0 Å². The molecule has 3 heterocycles. The summed E-state index contributed by atoms with van der Waals surface area (Å²) >= 11 is 0. The van der Waals surface area contributed by atoms with E-state index in [0.717, 1.165) is 11.4 Å². The van der Waals surface area contributed by atoms with Crippen molar-refractivity contribution >= 4 is 28.9 Å². The van der Waals surface area contributed by atoms with Crippen LogP contribution < -0.4 is 14.5 Å². The van der Waals surface area contributed by atoms with E-state index in [9.17, 15) is 9.59 Å². The maximum absolute atomic E-state index is 13.7. The van der Waals surface area contributed by atoms with E-state index in [1.165, 1.54) is 4.90 Å². The third-order valence-electron chi connectivity index (χ3n) is 6.02. The van der Waals surface area contributed by atoms with Crippen molar-refractivity contribution in [2.24, 2.45) is 0 Å². The normalized spacial score (nSPS) is 16.6. The van der Waals surface area contributed by atoms with Crippen molar-refractivity contribution in [3.8, 4) is 5.75 Å². The summed E-state index contributed by atoms with van der Waals surface area (Å²) in [6.45, 7) is 2.68. The smallest absolute Gasteiger partial charge is 0.282 e. The molecule has 0 aliphatic carbocycles. The van der Waals surface area contributed by atoms with Crippen LogP contribution in [0.4, 0.5) is 11.5 Å². The number of methoxy groups -OCH3 is 1. The molecule has 0 atom stereocenters. The highest BCUT2D eigenvalue weighted by Crippen LogP contribution is 2.35. The monoisotopic (exact) mass is 440 g/mol. The zero-order chi connectivity index (χ0) is 22.8. The molecular formula is C26H24N4O3. The number of imide groups is 1. The van der Waals surface area contributed by atoms with E-state index < -0.39 is 0 Å². The molecule has 2 amide bonds. The number of amides is 2. The van der Waals surface area contributed by atoms with Gasteiger partial charge >= 0.3 is 0 Å². The number of rotatable bonds is 5. The summed E-state index contributed by atoms with van der Waals surface area (Å²) < 4.78 is 5.22. The molecule has 7 heteroatoms. The van der Waals surface area contributed by atoms with Crippen LogP contribution >= 0.6 is 0 Å². The Hall–Kier alpha value is -4.13. The first-order valence-corrected chi connectivity index (χ1v) is 10.9. The Kier molecular flexibility index (Phi) is 5.52. The Labute approximate surface area is 192 Å². The summed E-state index contributed by atoms with van der Waals surface area (Å²) in [6, 6.07) is 22.2. The van der Waals surface area contributed by atoms with Crippen LogP contribution in [0, 0.1) is 0 Å². The van der Waals surface area contributed by atoms with Gasteiger partial charge in [-0.05, 0) is 42.0 Å². The van der Waals surface area contributed by atoms with Crippen LogP contribution in [0.15, 0.2) is 84.7 Å². The van der Waals surface area contributed by atoms with Crippen LogP contribution in [0.2, 0.25) is 0 Å². The molecule has 0 unspecified atom stereocenters. The van der Waals surface area contributed by atoms with Gasteiger partial charge in [-0.2, -0.15) is 0 Å². The van der Waals surface area contributed by atoms with Crippen molar-refractivity contribution in [3.05, 3.63) is 90.3 Å². The number of anilines is 2. The summed E-state index contributed by atoms with van der Waals surface area (Å²) in [5, 5.41) is 0. The van der Waals surface area contributed by atoms with E-state index in [-0.39, 0.29) is 11.8 Å². The molecule has 5 rings (SSSR count). The van der Waals surface area contributed by atoms with Gasteiger partial charge in [0, 0.05) is 32.4 Å². The van der Waals surface area contributed by atoms with Gasteiger partial charge in [-0.3, -0.25) is 9.59 Å². The molecule has 0 radical (unpaired) electrons. The predicted molar refractivity (Wildman–Crippen MR) is 127 cm³/mol. The fraction of sp³-hybridized carbons (Fsp3) is 0.192. The van der Waals surface area contributed by atoms with Crippen LogP contribution in [0.5, 0.6) is 5.75 Å². The molecule has 3 aromatic rings. The first kappa shape index (κ1) is 20.8. The second kappa shape index (κ2) is 8.78. The van der Waals surface area contributed by atoms with E-state index in [1.54, 1.807) is 37.6 Å². The molecule has 2 aromatic carbocycles. The van der Waals surface area contributed by atoms with Gasteiger partial charge in [0.1, 0.15) is 17.3 Å². The van der Waals surface area contributed by atoms with Crippen molar-refractivity contribution in [3.63, 3.8) is 0 Å². The molecule has 0 spiro atoms. The standard InChI is InChI=1S/C26H24N4O3/c1-33-21-12-10-20(11-13-21)30-25(31)23(19-7-3-2-4-8-19)24(26(30)32)29-17-15-28(16-18-29)22-9-5-6-14-27-22/h2-14H,15-18H2,1H3. The first-order chi connectivity index (χ1) is 16.2. The second-order valence-electron chi connectivity index (χ2n) is 7.90. The molecular weight excluding hydrogens is 416 g/mol. The number of carbonyl (C=O) groups excluding carboxylic acids is 2. The number of hydrogen-bond acceptors (Lipinski definition) is 6. The number of hydrogen-bond donors (Lipinski definition) is 0. The second-order valence-corrected chi connectivity index (χ2v) is 7.90. The third-order valence-corrected chi connectivity index (χ3v) is 6.02. The van der Waals surface area contributed by atoms with Gasteiger partial charge in [-0.25, -0.2) is 9.88 Å². The molecule has 2 aliphatic heterocycles. The van der Waals surface area contributed by atoms with Gasteiger partial charge in [0.2, 0.25) is 0 Å². The van der Waals surface area contributed by atoms with E-state index in [0.29, 0.717) is 48.9 Å². The zero-order valence-corrected chi connectivity index (χ0v) is 18.3. The molecule has 1 aromatic heterocycles. The summed E-state index contributed by atoms with van der Waals surface area (Å²) in [6.07, 6.45) is 1.78. The fourth-order valence-electron chi connectivity index (χ4n) is 4.34. The summed E-state index contributed by atoms with van der Waals surface area (Å²) in [5.41, 5.74) is 2.18. The predicted octanol–water partition coefficient (Wildman–Crippen LogP) is 3.20. The Morgan fingerprint density at radius 3 is 2.06 bits per heavy atom. The summed E-state index contributed by atoms with van der Waals surface area (Å²) in [7, 11) is 1.58. The van der Waals surface area contributed by atoms with E-state index in [1.807, 2.05) is 53.4 Å². The van der Waals surface area contributed by atoms with Crippen LogP contribution in [0.25, 0.3) is 5.57 Å². The van der Waals surface area contributed by atoms with Crippen LogP contribution in [0.3, 0.4) is 0 Å². The van der Waals surface area contributed by atoms with Crippen molar-refractivity contribution < 1.29 is 14.3 Å². The minimum atomic E-state index is -0.307. The van der Waals surface area contributed by atoms with Gasteiger partial charge in [0.25, 0.3) is 11.8 Å². The molecule has 7 nitrogen and oxygen atoms in total. The highest BCUT2D eigenvalue weighted by Gasteiger charge is 2.43. The highest BCUT2D eigenvalue weighted by atomic mass is 16.5. The molecule has 0 bridgehead atoms. The van der Waals surface area contributed by atoms with Crippen molar-refractivity contribution in [1.29, 1.82) is 0 Å². The first-order valence-electron chi connectivity index (χ1n) is 10.9. The van der Waals surface area contributed by atoms with Gasteiger partial charge in [-0.1, -0.05) is 36.4 Å². The highest BCUT2D eigenvalue weighted by molar-refractivity contribution is 6.45. The average Bonchev–Trinajstić information content (AvgIpc) is 3.15. The van der Waals surface area contributed by atoms with Gasteiger partial charge < -0.3 is 14.5 Å². The number of pyridine rings is 1. The number of carbonyl (C=O) groups is 2. The summed E-state index contributed by atoms with van der Waals surface area (Å²) in [5.74, 6) is 0.983. The lowest BCUT2D eigenvalue weighted by Crippen LogP contribution is -2.48. The van der Waals surface area contributed by atoms with Crippen molar-refractivity contribution in [1.82, 2.24) is 9.88 Å². The molecule has 0 saturated carbocycles. The molecule has 166 valence electrons. The topological polar surface area (TPSA) is 66.0 Å². The third kappa shape index (κ3) is 3.82. The van der Waals surface area contributed by atoms with Gasteiger partial charge in [0.05, 0.1) is 18.4 Å². The van der Waals surface area contributed by atoms with Crippen molar-refractivity contribution in [2.75, 3.05) is 43.1 Å². The van der Waals surface area contributed by atoms with Crippen LogP contribution in [-0.2, 0) is 9.59 Å². The lowest BCUT2D eigenvalue weighted by atomic mass is 10.0. The largest absolute Gasteiger partial charge is 0.497 e. The molecule has 0 N–H and O–H groups in total. The Morgan fingerprint density at radius 2 is 1.42 bits per heavy atom. The maximum Gasteiger partial charge on any atom is 0.282 e. The average molecular weight is 441 g/mol. The zero-order valence-electron chi connectivity index (χ0n) is 18.3. The van der Waals surface area contributed by atoms with E-state index in [2.05, 4.69) is 9.88 Å². The molecule has 33 heavy (non-hydrogen) atoms. The van der Waals surface area contributed by atoms with Crippen LogP contribution in [0.1, 0.15) is 5.56 Å². The molecule has 1 fully saturated rings. The summed E-state index contributed by atoms with van der Waals surface area (Å²) in [4.78, 5) is 37.2.